The number of aromatic amines is 1. The Labute approximate surface area is 191 Å². The van der Waals surface area contributed by atoms with E-state index >= 15 is 0 Å². The number of fused-ring (bicyclic) bond motifs is 1. The molecule has 0 spiro atoms. The van der Waals surface area contributed by atoms with E-state index in [1.807, 2.05) is 31.2 Å². The number of benzene rings is 1. The maximum absolute atomic E-state index is 12.8. The van der Waals surface area contributed by atoms with Gasteiger partial charge in [-0.2, -0.15) is 0 Å². The van der Waals surface area contributed by atoms with Crippen molar-refractivity contribution in [2.45, 2.75) is 32.6 Å². The standard InChI is InChI=1S/C25H27N7O/c1-14-4-3-5-18(21(14)16-6-9-27-10-7-16)30-23-22-17(8-11-28-24(22)33)13-20(31-23)19-12-15(2)29-25(26)32-19/h3-5,8,11-13,16,27H,6-7,9-10H2,1-2H3,(H,28,33)(H,30,31)(H2,26,29,32). The van der Waals surface area contributed by atoms with Gasteiger partial charge in [-0.3, -0.25) is 4.79 Å². The number of aryl methyl sites for hydroxylation is 2. The van der Waals surface area contributed by atoms with Crippen molar-refractivity contribution < 1.29 is 0 Å². The van der Waals surface area contributed by atoms with E-state index in [0.717, 1.165) is 42.7 Å². The van der Waals surface area contributed by atoms with Gasteiger partial charge in [0.05, 0.1) is 16.8 Å². The number of nitrogens with one attached hydrogen (secondary N) is 3. The van der Waals surface area contributed by atoms with Crippen molar-refractivity contribution in [1.82, 2.24) is 25.3 Å². The molecule has 0 saturated carbocycles. The summed E-state index contributed by atoms with van der Waals surface area (Å²) in [5.41, 5.74) is 11.2. The van der Waals surface area contributed by atoms with Crippen molar-refractivity contribution >= 4 is 28.2 Å². The first-order chi connectivity index (χ1) is 16.0. The summed E-state index contributed by atoms with van der Waals surface area (Å²) in [4.78, 5) is 29.0. The van der Waals surface area contributed by atoms with Gasteiger partial charge >= 0.3 is 0 Å². The molecule has 0 unspecified atom stereocenters. The lowest BCUT2D eigenvalue weighted by Crippen LogP contribution is -2.27. The number of anilines is 3. The molecule has 0 radical (unpaired) electrons. The predicted octanol–water partition coefficient (Wildman–Crippen LogP) is 3.79. The summed E-state index contributed by atoms with van der Waals surface area (Å²) < 4.78 is 0. The lowest BCUT2D eigenvalue weighted by Gasteiger charge is -2.27. The van der Waals surface area contributed by atoms with E-state index in [-0.39, 0.29) is 11.5 Å². The summed E-state index contributed by atoms with van der Waals surface area (Å²) in [6, 6.07) is 11.8. The van der Waals surface area contributed by atoms with Gasteiger partial charge in [-0.1, -0.05) is 12.1 Å². The Bertz CT molecular complexity index is 1370. The van der Waals surface area contributed by atoms with Crippen LogP contribution >= 0.6 is 0 Å². The molecule has 1 aromatic carbocycles. The van der Waals surface area contributed by atoms with Crippen molar-refractivity contribution in [3.8, 4) is 11.4 Å². The highest BCUT2D eigenvalue weighted by Gasteiger charge is 2.21. The summed E-state index contributed by atoms with van der Waals surface area (Å²) in [6.45, 7) is 6.01. The fourth-order valence-corrected chi connectivity index (χ4v) is 4.73. The minimum Gasteiger partial charge on any atom is -0.368 e. The number of hydrogen-bond donors (Lipinski definition) is 4. The number of pyridine rings is 2. The molecule has 5 N–H and O–H groups in total. The van der Waals surface area contributed by atoms with E-state index in [1.165, 1.54) is 11.1 Å². The quantitative estimate of drug-likeness (QED) is 0.380. The normalized spacial score (nSPS) is 14.5. The third-order valence-corrected chi connectivity index (χ3v) is 6.21. The number of rotatable bonds is 4. The zero-order valence-electron chi connectivity index (χ0n) is 18.8. The van der Waals surface area contributed by atoms with Gasteiger partial charge < -0.3 is 21.4 Å². The van der Waals surface area contributed by atoms with E-state index in [2.05, 4.69) is 44.6 Å². The minimum atomic E-state index is -0.191. The molecule has 1 aliphatic rings. The molecule has 8 nitrogen and oxygen atoms in total. The molecular weight excluding hydrogens is 414 g/mol. The molecule has 3 aromatic heterocycles. The van der Waals surface area contributed by atoms with Gasteiger partial charge in [0.25, 0.3) is 5.56 Å². The van der Waals surface area contributed by atoms with Crippen LogP contribution in [0.5, 0.6) is 0 Å². The van der Waals surface area contributed by atoms with E-state index in [9.17, 15) is 4.79 Å². The van der Waals surface area contributed by atoms with Gasteiger partial charge in [0.2, 0.25) is 5.95 Å². The highest BCUT2D eigenvalue weighted by molar-refractivity contribution is 5.95. The molecule has 4 heterocycles. The molecule has 0 aliphatic carbocycles. The van der Waals surface area contributed by atoms with Crippen molar-refractivity contribution in [1.29, 1.82) is 0 Å². The number of aromatic nitrogens is 4. The molecule has 8 heteroatoms. The van der Waals surface area contributed by atoms with E-state index in [0.29, 0.717) is 28.5 Å². The molecule has 1 fully saturated rings. The first-order valence-corrected chi connectivity index (χ1v) is 11.2. The number of piperidine rings is 1. The molecular formula is C25H27N7O. The number of nitrogen functional groups attached to an aromatic ring is 1. The van der Waals surface area contributed by atoms with Crippen molar-refractivity contribution in [3.05, 3.63) is 69.8 Å². The fourth-order valence-electron chi connectivity index (χ4n) is 4.73. The third kappa shape index (κ3) is 4.17. The van der Waals surface area contributed by atoms with Crippen LogP contribution in [0.25, 0.3) is 22.2 Å². The van der Waals surface area contributed by atoms with Gasteiger partial charge in [0.1, 0.15) is 5.82 Å². The van der Waals surface area contributed by atoms with Crippen LogP contribution in [0.15, 0.2) is 47.4 Å². The molecule has 1 aliphatic heterocycles. The summed E-state index contributed by atoms with van der Waals surface area (Å²) in [6.07, 6.45) is 3.80. The molecule has 0 amide bonds. The number of nitrogens with zero attached hydrogens (tertiary/aromatic N) is 3. The predicted molar refractivity (Wildman–Crippen MR) is 132 cm³/mol. The van der Waals surface area contributed by atoms with E-state index in [4.69, 9.17) is 10.7 Å². The number of hydrogen-bond acceptors (Lipinski definition) is 7. The van der Waals surface area contributed by atoms with Crippen LogP contribution in [0.3, 0.4) is 0 Å². The van der Waals surface area contributed by atoms with Gasteiger partial charge in [0, 0.05) is 17.6 Å². The maximum Gasteiger partial charge on any atom is 0.259 e. The molecule has 0 atom stereocenters. The highest BCUT2D eigenvalue weighted by Crippen LogP contribution is 2.36. The first kappa shape index (κ1) is 21.1. The van der Waals surface area contributed by atoms with Gasteiger partial charge in [-0.15, -0.1) is 0 Å². The van der Waals surface area contributed by atoms with Crippen molar-refractivity contribution in [3.63, 3.8) is 0 Å². The molecule has 168 valence electrons. The zero-order chi connectivity index (χ0) is 22.9. The summed E-state index contributed by atoms with van der Waals surface area (Å²) in [5.74, 6) is 1.14. The smallest absolute Gasteiger partial charge is 0.259 e. The topological polar surface area (TPSA) is 122 Å². The van der Waals surface area contributed by atoms with Crippen LogP contribution in [-0.2, 0) is 0 Å². The lowest BCUT2D eigenvalue weighted by molar-refractivity contribution is 0.460. The van der Waals surface area contributed by atoms with Gasteiger partial charge in [-0.25, -0.2) is 15.0 Å². The van der Waals surface area contributed by atoms with Gasteiger partial charge in [0.15, 0.2) is 0 Å². The SMILES string of the molecule is Cc1cc(-c2cc3cc[nH]c(=O)c3c(Nc3cccc(C)c3C3CCNCC3)n2)nc(N)n1. The van der Waals surface area contributed by atoms with Crippen LogP contribution in [0.4, 0.5) is 17.5 Å². The summed E-state index contributed by atoms with van der Waals surface area (Å²) in [7, 11) is 0. The fraction of sp³-hybridized carbons (Fsp3) is 0.280. The van der Waals surface area contributed by atoms with Crippen LogP contribution < -0.4 is 21.9 Å². The number of nitrogens with two attached hydrogens (primary N) is 1. The average molecular weight is 442 g/mol. The Morgan fingerprint density at radius 3 is 2.61 bits per heavy atom. The lowest BCUT2D eigenvalue weighted by atomic mass is 9.86. The molecule has 33 heavy (non-hydrogen) atoms. The Kier molecular flexibility index (Phi) is 5.51. The largest absolute Gasteiger partial charge is 0.368 e. The highest BCUT2D eigenvalue weighted by atomic mass is 16.1. The van der Waals surface area contributed by atoms with E-state index in [1.54, 1.807) is 6.20 Å². The third-order valence-electron chi connectivity index (χ3n) is 6.21. The van der Waals surface area contributed by atoms with Crippen LogP contribution in [-0.4, -0.2) is 33.0 Å². The second-order valence-corrected chi connectivity index (χ2v) is 8.57. The first-order valence-electron chi connectivity index (χ1n) is 11.2. The number of H-pyrrole nitrogens is 1. The van der Waals surface area contributed by atoms with Crippen LogP contribution in [0, 0.1) is 13.8 Å². The Balaban J connectivity index is 1.67. The second kappa shape index (κ2) is 8.63. The Morgan fingerprint density at radius 2 is 1.82 bits per heavy atom. The minimum absolute atomic E-state index is 0.191. The molecule has 5 rings (SSSR count). The van der Waals surface area contributed by atoms with E-state index < -0.39 is 0 Å². The Hall–Kier alpha value is -3.78. The second-order valence-electron chi connectivity index (χ2n) is 8.57. The summed E-state index contributed by atoms with van der Waals surface area (Å²) >= 11 is 0. The van der Waals surface area contributed by atoms with Crippen molar-refractivity contribution in [2.75, 3.05) is 24.1 Å². The average Bonchev–Trinajstić information content (AvgIpc) is 2.79. The van der Waals surface area contributed by atoms with Crippen molar-refractivity contribution in [2.24, 2.45) is 0 Å². The van der Waals surface area contributed by atoms with Crippen LogP contribution in [0.1, 0.15) is 35.6 Å². The van der Waals surface area contributed by atoms with Gasteiger partial charge in [-0.05, 0) is 86.5 Å². The molecule has 1 saturated heterocycles. The van der Waals surface area contributed by atoms with Crippen LogP contribution in [0.2, 0.25) is 0 Å². The maximum atomic E-state index is 12.8. The monoisotopic (exact) mass is 441 g/mol. The molecule has 4 aromatic rings. The molecule has 0 bridgehead atoms. The summed E-state index contributed by atoms with van der Waals surface area (Å²) in [5, 5.41) is 8.23. The Morgan fingerprint density at radius 1 is 1.03 bits per heavy atom. The zero-order valence-corrected chi connectivity index (χ0v) is 18.8.